The predicted molar refractivity (Wildman–Crippen MR) is 111 cm³/mol. The number of nitrogens with one attached hydrogen (secondary N) is 1. The third-order valence-corrected chi connectivity index (χ3v) is 5.27. The molecule has 13 heteroatoms. The Hall–Kier alpha value is -3.90. The number of fused-ring (bicyclic) bond motifs is 1. The third-order valence-electron chi connectivity index (χ3n) is 5.27. The molecule has 0 amide bonds. The second kappa shape index (κ2) is 8.71. The Morgan fingerprint density at radius 3 is 2.17 bits per heavy atom. The lowest BCUT2D eigenvalue weighted by molar-refractivity contribution is -0.143. The number of aromatic amines is 1. The van der Waals surface area contributed by atoms with Gasteiger partial charge >= 0.3 is 23.8 Å². The molecule has 0 atom stereocenters. The SMILES string of the molecule is CCn1cc(Cn2oc(=O)[nH]c2=O)c2cc(OCc3cc(C(F)(F)F)cc(C(F)(F)F)c3)ccc21. The molecule has 0 saturated heterocycles. The normalized spacial score (nSPS) is 12.4. The topological polar surface area (TPSA) is 82.2 Å². The first kappa shape index (κ1) is 24.2. The van der Waals surface area contributed by atoms with Gasteiger partial charge in [-0.05, 0) is 48.9 Å². The van der Waals surface area contributed by atoms with Crippen molar-refractivity contribution in [2.24, 2.45) is 0 Å². The van der Waals surface area contributed by atoms with Crippen LogP contribution in [-0.4, -0.2) is 14.3 Å². The van der Waals surface area contributed by atoms with Gasteiger partial charge in [0, 0.05) is 29.2 Å². The van der Waals surface area contributed by atoms with Crippen LogP contribution in [0.15, 0.2) is 56.7 Å². The van der Waals surface area contributed by atoms with E-state index in [0.29, 0.717) is 29.6 Å². The van der Waals surface area contributed by atoms with Crippen molar-refractivity contribution in [1.29, 1.82) is 0 Å². The highest BCUT2D eigenvalue weighted by atomic mass is 19.4. The second-order valence-corrected chi connectivity index (χ2v) is 7.67. The van der Waals surface area contributed by atoms with Crippen LogP contribution in [0, 0.1) is 0 Å². The zero-order valence-electron chi connectivity index (χ0n) is 18.0. The monoisotopic (exact) mass is 501 g/mol. The van der Waals surface area contributed by atoms with Crippen LogP contribution in [0.25, 0.3) is 10.9 Å². The summed E-state index contributed by atoms with van der Waals surface area (Å²) in [7, 11) is 0. The third kappa shape index (κ3) is 5.12. The number of aromatic nitrogens is 3. The fourth-order valence-corrected chi connectivity index (χ4v) is 3.67. The largest absolute Gasteiger partial charge is 0.489 e. The van der Waals surface area contributed by atoms with Gasteiger partial charge in [-0.1, -0.05) is 0 Å². The minimum atomic E-state index is -4.96. The molecule has 7 nitrogen and oxygen atoms in total. The lowest BCUT2D eigenvalue weighted by atomic mass is 10.1. The van der Waals surface area contributed by atoms with E-state index < -0.39 is 41.5 Å². The lowest BCUT2D eigenvalue weighted by Crippen LogP contribution is -2.17. The van der Waals surface area contributed by atoms with E-state index in [2.05, 4.69) is 0 Å². The molecule has 35 heavy (non-hydrogen) atoms. The molecule has 0 fully saturated rings. The van der Waals surface area contributed by atoms with Gasteiger partial charge in [0.1, 0.15) is 12.4 Å². The summed E-state index contributed by atoms with van der Waals surface area (Å²) in [6.07, 6.45) is -8.19. The number of ether oxygens (including phenoxy) is 1. The summed E-state index contributed by atoms with van der Waals surface area (Å²) in [5.41, 5.74) is -2.59. The lowest BCUT2D eigenvalue weighted by Gasteiger charge is -2.15. The number of halogens is 6. The summed E-state index contributed by atoms with van der Waals surface area (Å²) in [5.74, 6) is -0.737. The summed E-state index contributed by atoms with van der Waals surface area (Å²) in [6.45, 7) is 1.80. The number of hydrogen-bond donors (Lipinski definition) is 1. The molecule has 2 aromatic heterocycles. The second-order valence-electron chi connectivity index (χ2n) is 7.67. The van der Waals surface area contributed by atoms with Gasteiger partial charge in [0.05, 0.1) is 17.7 Å². The Bertz CT molecular complexity index is 1460. The molecule has 4 aromatic rings. The van der Waals surface area contributed by atoms with Crippen LogP contribution < -0.4 is 16.2 Å². The molecule has 4 rings (SSSR count). The van der Waals surface area contributed by atoms with Crippen LogP contribution in [0.3, 0.4) is 0 Å². The van der Waals surface area contributed by atoms with Gasteiger partial charge in [0.25, 0.3) is 0 Å². The van der Waals surface area contributed by atoms with Crippen LogP contribution in [0.4, 0.5) is 26.3 Å². The minimum absolute atomic E-state index is 0.0522. The molecule has 2 heterocycles. The van der Waals surface area contributed by atoms with Crippen LogP contribution >= 0.6 is 0 Å². The zero-order valence-corrected chi connectivity index (χ0v) is 18.0. The summed E-state index contributed by atoms with van der Waals surface area (Å²) in [4.78, 5) is 25.0. The Labute approximate surface area is 192 Å². The van der Waals surface area contributed by atoms with Crippen molar-refractivity contribution in [3.63, 3.8) is 0 Å². The summed E-state index contributed by atoms with van der Waals surface area (Å²) < 4.78 is 91.6. The Kier molecular flexibility index (Phi) is 6.03. The Morgan fingerprint density at radius 1 is 0.971 bits per heavy atom. The fourth-order valence-electron chi connectivity index (χ4n) is 3.67. The van der Waals surface area contributed by atoms with Crippen molar-refractivity contribution >= 4 is 10.9 Å². The molecule has 0 aliphatic heterocycles. The van der Waals surface area contributed by atoms with E-state index in [1.54, 1.807) is 18.3 Å². The number of nitrogens with zero attached hydrogens (tertiary/aromatic N) is 2. The van der Waals surface area contributed by atoms with E-state index in [1.165, 1.54) is 6.07 Å². The Morgan fingerprint density at radius 2 is 1.63 bits per heavy atom. The number of hydrogen-bond acceptors (Lipinski definition) is 4. The predicted octanol–water partition coefficient (Wildman–Crippen LogP) is 4.77. The van der Waals surface area contributed by atoms with Gasteiger partial charge in [0.15, 0.2) is 0 Å². The van der Waals surface area contributed by atoms with Crippen molar-refractivity contribution in [3.8, 4) is 5.75 Å². The minimum Gasteiger partial charge on any atom is -0.489 e. The first-order chi connectivity index (χ1) is 16.3. The van der Waals surface area contributed by atoms with E-state index in [9.17, 15) is 35.9 Å². The van der Waals surface area contributed by atoms with Gasteiger partial charge in [-0.15, -0.1) is 4.74 Å². The summed E-state index contributed by atoms with van der Waals surface area (Å²) in [5, 5.41) is 0.597. The standard InChI is InChI=1S/C22H17F6N3O4/c1-2-30-9-13(10-31-19(32)29-20(33)35-31)17-8-16(3-4-18(17)30)34-11-12-5-14(21(23,24)25)7-15(6-12)22(26,27)28/h3-9H,2,10-11H2,1H3,(H,29,32,33). The van der Waals surface area contributed by atoms with Crippen molar-refractivity contribution in [3.05, 3.63) is 85.9 Å². The van der Waals surface area contributed by atoms with Crippen LogP contribution in [-0.2, 0) is 32.0 Å². The highest BCUT2D eigenvalue weighted by molar-refractivity contribution is 5.85. The van der Waals surface area contributed by atoms with Crippen molar-refractivity contribution in [1.82, 2.24) is 14.3 Å². The van der Waals surface area contributed by atoms with E-state index in [4.69, 9.17) is 9.26 Å². The molecule has 0 aliphatic rings. The van der Waals surface area contributed by atoms with Crippen LogP contribution in [0.5, 0.6) is 5.75 Å². The quantitative estimate of drug-likeness (QED) is 0.386. The molecule has 2 aromatic carbocycles. The molecule has 0 bridgehead atoms. The maximum atomic E-state index is 13.1. The number of alkyl halides is 6. The summed E-state index contributed by atoms with van der Waals surface area (Å²) in [6, 6.07) is 6.00. The van der Waals surface area contributed by atoms with Gasteiger partial charge < -0.3 is 13.8 Å². The highest BCUT2D eigenvalue weighted by Crippen LogP contribution is 2.36. The maximum absolute atomic E-state index is 13.1. The van der Waals surface area contributed by atoms with Gasteiger partial charge in [-0.2, -0.15) is 26.3 Å². The van der Waals surface area contributed by atoms with Gasteiger partial charge in [0.2, 0.25) is 0 Å². The summed E-state index contributed by atoms with van der Waals surface area (Å²) >= 11 is 0. The first-order valence-electron chi connectivity index (χ1n) is 10.2. The number of H-pyrrole nitrogens is 1. The van der Waals surface area contributed by atoms with Crippen molar-refractivity contribution in [2.45, 2.75) is 39.0 Å². The average molecular weight is 501 g/mol. The number of aryl methyl sites for hydroxylation is 1. The molecule has 186 valence electrons. The molecule has 0 spiro atoms. The Balaban J connectivity index is 1.66. The molecular formula is C22H17F6N3O4. The highest BCUT2D eigenvalue weighted by Gasteiger charge is 2.36. The molecule has 0 unspecified atom stereocenters. The van der Waals surface area contributed by atoms with E-state index in [0.717, 1.165) is 10.3 Å². The van der Waals surface area contributed by atoms with Gasteiger partial charge in [-0.25, -0.2) is 14.6 Å². The van der Waals surface area contributed by atoms with E-state index in [-0.39, 0.29) is 23.9 Å². The van der Waals surface area contributed by atoms with Crippen molar-refractivity contribution in [2.75, 3.05) is 0 Å². The number of rotatable bonds is 6. The first-order valence-corrected chi connectivity index (χ1v) is 10.2. The molecule has 0 aliphatic carbocycles. The van der Waals surface area contributed by atoms with E-state index >= 15 is 0 Å². The van der Waals surface area contributed by atoms with Crippen molar-refractivity contribution < 1.29 is 35.6 Å². The molecule has 0 saturated carbocycles. The van der Waals surface area contributed by atoms with Crippen LogP contribution in [0.1, 0.15) is 29.2 Å². The van der Waals surface area contributed by atoms with E-state index in [1.807, 2.05) is 16.5 Å². The molecule has 1 N–H and O–H groups in total. The fraction of sp³-hybridized carbons (Fsp3) is 0.273. The van der Waals surface area contributed by atoms with Crippen LogP contribution in [0.2, 0.25) is 0 Å². The van der Waals surface area contributed by atoms with Gasteiger partial charge in [-0.3, -0.25) is 0 Å². The maximum Gasteiger partial charge on any atom is 0.440 e. The zero-order chi connectivity index (χ0) is 25.5. The smallest absolute Gasteiger partial charge is 0.440 e. The molecular weight excluding hydrogens is 484 g/mol. The average Bonchev–Trinajstić information content (AvgIpc) is 3.29. The number of benzene rings is 2. The molecule has 0 radical (unpaired) electrons.